The molecule has 0 spiro atoms. The van der Waals surface area contributed by atoms with Gasteiger partial charge in [0.2, 0.25) is 0 Å². The van der Waals surface area contributed by atoms with Crippen molar-refractivity contribution in [1.29, 1.82) is 0 Å². The largest absolute Gasteiger partial charge is 0.0881 e. The van der Waals surface area contributed by atoms with E-state index in [4.69, 9.17) is 12.2 Å². The number of rotatable bonds is 4. The number of hydrogen-bond donors (Lipinski definition) is 0. The van der Waals surface area contributed by atoms with Crippen LogP contribution in [0.5, 0.6) is 0 Å². The van der Waals surface area contributed by atoms with Gasteiger partial charge in [-0.15, -0.1) is 0 Å². The van der Waals surface area contributed by atoms with E-state index in [0.29, 0.717) is 0 Å². The van der Waals surface area contributed by atoms with Crippen LogP contribution in [-0.2, 0) is 0 Å². The molecule has 0 radical (unpaired) electrons. The van der Waals surface area contributed by atoms with Gasteiger partial charge in [0.25, 0.3) is 0 Å². The highest BCUT2D eigenvalue weighted by molar-refractivity contribution is 7.81. The zero-order valence-corrected chi connectivity index (χ0v) is 13.2. The van der Waals surface area contributed by atoms with E-state index in [9.17, 15) is 0 Å². The van der Waals surface area contributed by atoms with Crippen molar-refractivity contribution in [2.75, 3.05) is 0 Å². The summed E-state index contributed by atoms with van der Waals surface area (Å²) >= 11 is 5.21. The summed E-state index contributed by atoms with van der Waals surface area (Å²) in [6, 6.07) is 29.8. The Morgan fingerprint density at radius 2 is 1.10 bits per heavy atom. The van der Waals surface area contributed by atoms with Crippen LogP contribution in [0, 0.1) is 0 Å². The Hall–Kier alpha value is -1.82. The zero-order chi connectivity index (χ0) is 14.5. The van der Waals surface area contributed by atoms with Gasteiger partial charge in [0.05, 0.1) is 0 Å². The summed E-state index contributed by atoms with van der Waals surface area (Å²) < 4.78 is 0. The first-order valence-electron chi connectivity index (χ1n) is 6.84. The Labute approximate surface area is 132 Å². The molecule has 0 aliphatic rings. The van der Waals surface area contributed by atoms with Crippen molar-refractivity contribution in [3.05, 3.63) is 90.5 Å². The summed E-state index contributed by atoms with van der Waals surface area (Å²) in [7, 11) is -0.571. The van der Waals surface area contributed by atoms with E-state index in [0.717, 1.165) is 5.56 Å². The lowest BCUT2D eigenvalue weighted by molar-refractivity contribution is 1.72. The minimum Gasteiger partial charge on any atom is -0.0881 e. The SMILES string of the molecule is S=Cc1ccccc1P(c1ccccc1)c1ccccc1. The average molecular weight is 306 g/mol. The minimum absolute atomic E-state index is 0.571. The van der Waals surface area contributed by atoms with Crippen molar-refractivity contribution < 1.29 is 0 Å². The molecule has 0 amide bonds. The second-order valence-corrected chi connectivity index (χ2v) is 7.10. The molecule has 0 nitrogen and oxygen atoms in total. The van der Waals surface area contributed by atoms with E-state index < -0.39 is 7.92 Å². The molecule has 3 aromatic rings. The van der Waals surface area contributed by atoms with Crippen molar-refractivity contribution in [3.8, 4) is 0 Å². The maximum absolute atomic E-state index is 5.21. The van der Waals surface area contributed by atoms with Crippen molar-refractivity contribution in [2.45, 2.75) is 0 Å². The molecule has 0 atom stereocenters. The van der Waals surface area contributed by atoms with Gasteiger partial charge < -0.3 is 0 Å². The quantitative estimate of drug-likeness (QED) is 0.522. The second kappa shape index (κ2) is 6.76. The molecular weight excluding hydrogens is 291 g/mol. The van der Waals surface area contributed by atoms with E-state index in [1.807, 2.05) is 6.07 Å². The van der Waals surface area contributed by atoms with E-state index in [2.05, 4.69) is 78.9 Å². The third-order valence-corrected chi connectivity index (χ3v) is 6.11. The molecule has 0 N–H and O–H groups in total. The standard InChI is InChI=1S/C19H15PS/c21-15-16-9-7-8-14-19(16)20(17-10-3-1-4-11-17)18-12-5-2-6-13-18/h1-15H. The van der Waals surface area contributed by atoms with Crippen LogP contribution in [0.15, 0.2) is 84.9 Å². The summed E-state index contributed by atoms with van der Waals surface area (Å²) in [5.74, 6) is 0. The molecule has 0 aromatic heterocycles. The Morgan fingerprint density at radius 3 is 1.62 bits per heavy atom. The Morgan fingerprint density at radius 1 is 0.619 bits per heavy atom. The lowest BCUT2D eigenvalue weighted by Gasteiger charge is -2.21. The van der Waals surface area contributed by atoms with Crippen LogP contribution in [0.2, 0.25) is 0 Å². The van der Waals surface area contributed by atoms with E-state index in [1.165, 1.54) is 15.9 Å². The monoisotopic (exact) mass is 306 g/mol. The number of hydrogen-bond acceptors (Lipinski definition) is 1. The molecule has 0 fully saturated rings. The van der Waals surface area contributed by atoms with Gasteiger partial charge in [-0.05, 0) is 29.4 Å². The summed E-state index contributed by atoms with van der Waals surface area (Å²) in [5.41, 5.74) is 1.14. The summed E-state index contributed by atoms with van der Waals surface area (Å²) in [4.78, 5) is 0. The van der Waals surface area contributed by atoms with Gasteiger partial charge in [-0.3, -0.25) is 0 Å². The first-order valence-corrected chi connectivity index (χ1v) is 8.66. The van der Waals surface area contributed by atoms with Gasteiger partial charge in [0.1, 0.15) is 0 Å². The van der Waals surface area contributed by atoms with Gasteiger partial charge in [0.15, 0.2) is 0 Å². The maximum atomic E-state index is 5.21. The van der Waals surface area contributed by atoms with Crippen LogP contribution in [0.3, 0.4) is 0 Å². The molecule has 102 valence electrons. The highest BCUT2D eigenvalue weighted by Gasteiger charge is 2.17. The van der Waals surface area contributed by atoms with E-state index in [1.54, 1.807) is 5.37 Å². The first kappa shape index (κ1) is 14.1. The minimum atomic E-state index is -0.571. The fourth-order valence-corrected chi connectivity index (χ4v) is 5.09. The average Bonchev–Trinajstić information content (AvgIpc) is 2.58. The molecule has 3 rings (SSSR count). The first-order chi connectivity index (χ1) is 10.4. The second-order valence-electron chi connectivity index (χ2n) is 4.68. The normalized spacial score (nSPS) is 10.5. The molecule has 0 heterocycles. The van der Waals surface area contributed by atoms with Crippen LogP contribution >= 0.6 is 20.1 Å². The highest BCUT2D eigenvalue weighted by atomic mass is 32.1. The molecule has 0 unspecified atom stereocenters. The van der Waals surface area contributed by atoms with Gasteiger partial charge in [0, 0.05) is 5.37 Å². The van der Waals surface area contributed by atoms with Crippen LogP contribution in [-0.4, -0.2) is 5.37 Å². The van der Waals surface area contributed by atoms with Crippen LogP contribution in [0.4, 0.5) is 0 Å². The predicted molar refractivity (Wildman–Crippen MR) is 97.9 cm³/mol. The van der Waals surface area contributed by atoms with Gasteiger partial charge in [-0.1, -0.05) is 97.1 Å². The van der Waals surface area contributed by atoms with Crippen molar-refractivity contribution in [3.63, 3.8) is 0 Å². The van der Waals surface area contributed by atoms with Crippen molar-refractivity contribution >= 4 is 41.4 Å². The molecule has 0 saturated heterocycles. The molecule has 0 saturated carbocycles. The van der Waals surface area contributed by atoms with Crippen LogP contribution in [0.1, 0.15) is 5.56 Å². The lowest BCUT2D eigenvalue weighted by atomic mass is 10.2. The zero-order valence-electron chi connectivity index (χ0n) is 11.5. The van der Waals surface area contributed by atoms with Gasteiger partial charge in [-0.2, -0.15) is 0 Å². The highest BCUT2D eigenvalue weighted by Crippen LogP contribution is 2.33. The Bertz CT molecular complexity index is 683. The Balaban J connectivity index is 2.20. The summed E-state index contributed by atoms with van der Waals surface area (Å²) in [5, 5.41) is 5.81. The van der Waals surface area contributed by atoms with Gasteiger partial charge in [-0.25, -0.2) is 0 Å². The molecule has 0 aliphatic carbocycles. The number of benzene rings is 3. The summed E-state index contributed by atoms with van der Waals surface area (Å²) in [6.45, 7) is 0. The van der Waals surface area contributed by atoms with E-state index >= 15 is 0 Å². The topological polar surface area (TPSA) is 0 Å². The van der Waals surface area contributed by atoms with Crippen molar-refractivity contribution in [1.82, 2.24) is 0 Å². The maximum Gasteiger partial charge on any atom is 0.00927 e. The molecule has 2 heteroatoms. The van der Waals surface area contributed by atoms with Gasteiger partial charge >= 0.3 is 0 Å². The smallest absolute Gasteiger partial charge is 0.00927 e. The van der Waals surface area contributed by atoms with Crippen LogP contribution < -0.4 is 15.9 Å². The third kappa shape index (κ3) is 3.10. The molecule has 0 aliphatic heterocycles. The molecular formula is C19H15PS. The fourth-order valence-electron chi connectivity index (χ4n) is 2.37. The molecule has 21 heavy (non-hydrogen) atoms. The fraction of sp³-hybridized carbons (Fsp3) is 0. The number of thiocarbonyl (C=S) groups is 1. The Kier molecular flexibility index (Phi) is 4.55. The van der Waals surface area contributed by atoms with Crippen LogP contribution in [0.25, 0.3) is 0 Å². The third-order valence-electron chi connectivity index (χ3n) is 3.33. The van der Waals surface area contributed by atoms with Crippen molar-refractivity contribution in [2.24, 2.45) is 0 Å². The summed E-state index contributed by atoms with van der Waals surface area (Å²) in [6.07, 6.45) is 0. The molecule has 3 aromatic carbocycles. The van der Waals surface area contributed by atoms with E-state index in [-0.39, 0.29) is 0 Å². The lowest BCUT2D eigenvalue weighted by Crippen LogP contribution is -2.22. The predicted octanol–water partition coefficient (Wildman–Crippen LogP) is 3.79. The molecule has 0 bridgehead atoms.